The van der Waals surface area contributed by atoms with Crippen LogP contribution in [0.5, 0.6) is 0 Å². The van der Waals surface area contributed by atoms with Gasteiger partial charge in [0.25, 0.3) is 5.69 Å². The Morgan fingerprint density at radius 1 is 1.24 bits per heavy atom. The summed E-state index contributed by atoms with van der Waals surface area (Å²) in [5.41, 5.74) is 0.441. The summed E-state index contributed by atoms with van der Waals surface area (Å²) in [5, 5.41) is 10.5. The van der Waals surface area contributed by atoms with Gasteiger partial charge >= 0.3 is 0 Å². The number of non-ortho nitro benzene ring substituents is 1. The van der Waals surface area contributed by atoms with Gasteiger partial charge in [-0.3, -0.25) is 14.9 Å². The van der Waals surface area contributed by atoms with E-state index in [2.05, 4.69) is 0 Å². The monoisotopic (exact) mass is 269 g/mol. The van der Waals surface area contributed by atoms with Gasteiger partial charge in [0.1, 0.15) is 0 Å². The molecular weight excluding hydrogens is 258 g/mol. The van der Waals surface area contributed by atoms with Gasteiger partial charge in [0.2, 0.25) is 0 Å². The van der Waals surface area contributed by atoms with E-state index in [1.54, 1.807) is 0 Å². The molecule has 0 aliphatic rings. The molecule has 4 nitrogen and oxygen atoms in total. The lowest BCUT2D eigenvalue weighted by atomic mass is 10.1. The molecule has 0 aliphatic heterocycles. The van der Waals surface area contributed by atoms with Crippen molar-refractivity contribution in [2.45, 2.75) is 0 Å². The van der Waals surface area contributed by atoms with E-state index in [1.807, 2.05) is 12.5 Å². The topological polar surface area (TPSA) is 60.2 Å². The first-order valence-corrected chi connectivity index (χ1v) is 7.12. The normalized spacial score (nSPS) is 9.76. The van der Waals surface area contributed by atoms with Crippen LogP contribution in [0.1, 0.15) is 10.4 Å². The number of rotatable bonds is 5. The Morgan fingerprint density at radius 3 is 2.18 bits per heavy atom. The van der Waals surface area contributed by atoms with Crippen molar-refractivity contribution in [2.75, 3.05) is 12.5 Å². The summed E-state index contributed by atoms with van der Waals surface area (Å²) in [4.78, 5) is 21.7. The molecule has 90 valence electrons. The molecule has 0 aromatic heterocycles. The number of allylic oxidation sites excluding steroid dienone is 1. The van der Waals surface area contributed by atoms with Crippen molar-refractivity contribution in [3.63, 3.8) is 0 Å². The van der Waals surface area contributed by atoms with Gasteiger partial charge in [-0.25, -0.2) is 0 Å². The summed E-state index contributed by atoms with van der Waals surface area (Å²) in [6.45, 7) is 0. The SMILES string of the molecule is CSC(=CC(=O)c1ccc([N+](=O)[O-])cc1)SC. The molecule has 0 saturated heterocycles. The van der Waals surface area contributed by atoms with E-state index in [0.717, 1.165) is 4.24 Å². The molecule has 0 amide bonds. The van der Waals surface area contributed by atoms with Crippen molar-refractivity contribution in [2.24, 2.45) is 0 Å². The molecule has 0 saturated carbocycles. The number of hydrogen-bond donors (Lipinski definition) is 0. The average Bonchev–Trinajstić information content (AvgIpc) is 2.35. The van der Waals surface area contributed by atoms with Crippen molar-refractivity contribution < 1.29 is 9.72 Å². The lowest BCUT2D eigenvalue weighted by Gasteiger charge is -1.99. The van der Waals surface area contributed by atoms with Gasteiger partial charge in [-0.05, 0) is 24.6 Å². The third-order valence-electron chi connectivity index (χ3n) is 2.01. The molecular formula is C11H11NO3S2. The van der Waals surface area contributed by atoms with Crippen LogP contribution in [-0.4, -0.2) is 23.2 Å². The van der Waals surface area contributed by atoms with Crippen molar-refractivity contribution in [1.82, 2.24) is 0 Å². The van der Waals surface area contributed by atoms with Gasteiger partial charge in [-0.2, -0.15) is 0 Å². The largest absolute Gasteiger partial charge is 0.289 e. The average molecular weight is 269 g/mol. The van der Waals surface area contributed by atoms with Crippen LogP contribution in [0, 0.1) is 10.1 Å². The summed E-state index contributed by atoms with van der Waals surface area (Å²) >= 11 is 2.99. The fourth-order valence-corrected chi connectivity index (χ4v) is 2.26. The van der Waals surface area contributed by atoms with E-state index >= 15 is 0 Å². The first kappa shape index (κ1) is 13.8. The van der Waals surface area contributed by atoms with Crippen LogP contribution in [0.15, 0.2) is 34.6 Å². The highest BCUT2D eigenvalue weighted by Gasteiger charge is 2.08. The fraction of sp³-hybridized carbons (Fsp3) is 0.182. The molecule has 0 N–H and O–H groups in total. The maximum absolute atomic E-state index is 11.8. The first-order valence-electron chi connectivity index (χ1n) is 4.67. The van der Waals surface area contributed by atoms with Gasteiger partial charge in [-0.15, -0.1) is 23.5 Å². The number of carbonyl (C=O) groups excluding carboxylic acids is 1. The van der Waals surface area contributed by atoms with E-state index in [4.69, 9.17) is 0 Å². The Labute approximate surface area is 108 Å². The summed E-state index contributed by atoms with van der Waals surface area (Å²) in [5.74, 6) is -0.140. The van der Waals surface area contributed by atoms with Crippen LogP contribution in [0.2, 0.25) is 0 Å². The zero-order chi connectivity index (χ0) is 12.8. The molecule has 0 bridgehead atoms. The van der Waals surface area contributed by atoms with Crippen LogP contribution in [0.4, 0.5) is 5.69 Å². The molecule has 0 aliphatic carbocycles. The number of carbonyl (C=O) groups is 1. The Hall–Kier alpha value is -1.27. The zero-order valence-electron chi connectivity index (χ0n) is 9.38. The predicted molar refractivity (Wildman–Crippen MR) is 72.5 cm³/mol. The molecule has 1 rings (SSSR count). The Bertz CT molecular complexity index is 448. The van der Waals surface area contributed by atoms with Gasteiger partial charge in [0.15, 0.2) is 5.78 Å². The molecule has 0 heterocycles. The second-order valence-electron chi connectivity index (χ2n) is 3.04. The highest BCUT2D eigenvalue weighted by atomic mass is 32.2. The molecule has 6 heteroatoms. The maximum Gasteiger partial charge on any atom is 0.269 e. The lowest BCUT2D eigenvalue weighted by molar-refractivity contribution is -0.384. The zero-order valence-corrected chi connectivity index (χ0v) is 11.0. The van der Waals surface area contributed by atoms with E-state index in [0.29, 0.717) is 5.56 Å². The molecule has 1 aromatic carbocycles. The molecule has 0 spiro atoms. The van der Waals surface area contributed by atoms with Gasteiger partial charge in [0.05, 0.1) is 4.92 Å². The van der Waals surface area contributed by atoms with Crippen molar-refractivity contribution >= 4 is 35.0 Å². The van der Waals surface area contributed by atoms with Crippen molar-refractivity contribution in [3.8, 4) is 0 Å². The predicted octanol–water partition coefficient (Wildman–Crippen LogP) is 3.34. The van der Waals surface area contributed by atoms with Crippen LogP contribution in [0.25, 0.3) is 0 Å². The van der Waals surface area contributed by atoms with Crippen LogP contribution in [-0.2, 0) is 0 Å². The summed E-state index contributed by atoms with van der Waals surface area (Å²) < 4.78 is 0.911. The van der Waals surface area contributed by atoms with Crippen molar-refractivity contribution in [1.29, 1.82) is 0 Å². The van der Waals surface area contributed by atoms with E-state index in [-0.39, 0.29) is 11.5 Å². The third-order valence-corrected chi connectivity index (χ3v) is 4.05. The summed E-state index contributed by atoms with van der Waals surface area (Å²) in [7, 11) is 0. The highest BCUT2D eigenvalue weighted by molar-refractivity contribution is 8.21. The molecule has 0 fully saturated rings. The van der Waals surface area contributed by atoms with E-state index in [1.165, 1.54) is 53.9 Å². The molecule has 1 aromatic rings. The number of ketones is 1. The number of nitro groups is 1. The smallest absolute Gasteiger partial charge is 0.269 e. The second-order valence-corrected chi connectivity index (χ2v) is 4.99. The Morgan fingerprint density at radius 2 is 1.76 bits per heavy atom. The van der Waals surface area contributed by atoms with Gasteiger partial charge in [0, 0.05) is 28.0 Å². The Balaban J connectivity index is 2.90. The quantitative estimate of drug-likeness (QED) is 0.355. The molecule has 0 radical (unpaired) electrons. The molecule has 17 heavy (non-hydrogen) atoms. The van der Waals surface area contributed by atoms with Crippen molar-refractivity contribution in [3.05, 3.63) is 50.3 Å². The number of nitrogens with zero attached hydrogens (tertiary/aromatic N) is 1. The van der Waals surface area contributed by atoms with Gasteiger partial charge < -0.3 is 0 Å². The highest BCUT2D eigenvalue weighted by Crippen LogP contribution is 2.24. The minimum Gasteiger partial charge on any atom is -0.289 e. The van der Waals surface area contributed by atoms with Crippen LogP contribution < -0.4 is 0 Å². The first-order chi connectivity index (χ1) is 8.08. The van der Waals surface area contributed by atoms with E-state index in [9.17, 15) is 14.9 Å². The number of thioether (sulfide) groups is 2. The standard InChI is InChI=1S/C11H11NO3S2/c1-16-11(17-2)7-10(13)8-3-5-9(6-4-8)12(14)15/h3-7H,1-2H3. The Kier molecular flexibility index (Phi) is 5.24. The number of nitro benzene ring substituents is 1. The van der Waals surface area contributed by atoms with E-state index < -0.39 is 4.92 Å². The summed E-state index contributed by atoms with van der Waals surface area (Å²) in [6.07, 6.45) is 5.33. The number of benzene rings is 1. The third kappa shape index (κ3) is 3.90. The fourth-order valence-electron chi connectivity index (χ4n) is 1.14. The molecule has 0 atom stereocenters. The minimum absolute atomic E-state index is 0.0134. The minimum atomic E-state index is -0.487. The maximum atomic E-state index is 11.8. The molecule has 0 unspecified atom stereocenters. The van der Waals surface area contributed by atoms with Crippen LogP contribution >= 0.6 is 23.5 Å². The second kappa shape index (κ2) is 6.46. The number of hydrogen-bond acceptors (Lipinski definition) is 5. The summed E-state index contributed by atoms with van der Waals surface area (Å²) in [6, 6.07) is 5.60. The van der Waals surface area contributed by atoms with Gasteiger partial charge in [-0.1, -0.05) is 0 Å². The van der Waals surface area contributed by atoms with Crippen LogP contribution in [0.3, 0.4) is 0 Å². The lowest BCUT2D eigenvalue weighted by Crippen LogP contribution is -1.96.